The zero-order chi connectivity index (χ0) is 20.9. The minimum Gasteiger partial charge on any atom is -0.454 e. The Balaban J connectivity index is 1.66. The third kappa shape index (κ3) is 4.46. The maximum absolute atomic E-state index is 13.2. The second kappa shape index (κ2) is 8.97. The van der Waals surface area contributed by atoms with Gasteiger partial charge in [0.1, 0.15) is 0 Å². The average Bonchev–Trinajstić information content (AvgIpc) is 3.24. The van der Waals surface area contributed by atoms with Crippen LogP contribution in [0.1, 0.15) is 31.2 Å². The quantitative estimate of drug-likeness (QED) is 0.674. The number of hydrogen-bond donors (Lipinski definition) is 1. The first kappa shape index (κ1) is 21.3. The maximum atomic E-state index is 13.2. The molecular formula is C21H22ClNO5S. The predicted octanol–water partition coefficient (Wildman–Crippen LogP) is 3.29. The lowest BCUT2D eigenvalue weighted by atomic mass is 10.1. The van der Waals surface area contributed by atoms with E-state index < -0.39 is 33.1 Å². The number of halogens is 1. The number of nitrogens with one attached hydrogen (secondary N) is 1. The van der Waals surface area contributed by atoms with Crippen molar-refractivity contribution in [3.05, 3.63) is 65.2 Å². The van der Waals surface area contributed by atoms with Gasteiger partial charge < -0.3 is 10.1 Å². The van der Waals surface area contributed by atoms with E-state index in [0.29, 0.717) is 17.9 Å². The first-order valence-corrected chi connectivity index (χ1v) is 11.2. The second-order valence-electron chi connectivity index (χ2n) is 6.96. The lowest BCUT2D eigenvalue weighted by Gasteiger charge is -2.26. The number of esters is 1. The number of benzene rings is 2. The number of ether oxygens (including phenoxy) is 1. The smallest absolute Gasteiger partial charge is 0.328 e. The van der Waals surface area contributed by atoms with Crippen molar-refractivity contribution in [1.82, 2.24) is 5.32 Å². The average molecular weight is 436 g/mol. The summed E-state index contributed by atoms with van der Waals surface area (Å²) >= 11 is 6.04. The number of rotatable bonds is 7. The molecule has 0 heterocycles. The van der Waals surface area contributed by atoms with Gasteiger partial charge in [-0.15, -0.1) is 0 Å². The highest BCUT2D eigenvalue weighted by atomic mass is 35.5. The summed E-state index contributed by atoms with van der Waals surface area (Å²) in [5.41, 5.74) is 0.729. The van der Waals surface area contributed by atoms with Crippen LogP contribution < -0.4 is 5.32 Å². The molecule has 0 spiro atoms. The van der Waals surface area contributed by atoms with E-state index >= 15 is 0 Å². The van der Waals surface area contributed by atoms with Gasteiger partial charge in [0.2, 0.25) is 0 Å². The highest BCUT2D eigenvalue weighted by Crippen LogP contribution is 2.41. The Hall–Kier alpha value is -2.38. The molecule has 0 unspecified atom stereocenters. The fourth-order valence-corrected chi connectivity index (χ4v) is 5.78. The van der Waals surface area contributed by atoms with E-state index in [4.69, 9.17) is 16.3 Å². The standard InChI is InChI=1S/C21H22ClNO5S/c22-18-11-5-4-8-16(18)14-23-19(24)15-28-20(25)21(12-6-7-13-21)29(26,27)17-9-2-1-3-10-17/h1-5,8-11H,6-7,12-15H2,(H,23,24). The molecule has 0 bridgehead atoms. The van der Waals surface area contributed by atoms with Crippen molar-refractivity contribution >= 4 is 33.3 Å². The van der Waals surface area contributed by atoms with Crippen molar-refractivity contribution < 1.29 is 22.7 Å². The van der Waals surface area contributed by atoms with Crippen LogP contribution in [0.3, 0.4) is 0 Å². The second-order valence-corrected chi connectivity index (χ2v) is 9.63. The third-order valence-corrected chi connectivity index (χ3v) is 7.98. The highest BCUT2D eigenvalue weighted by molar-refractivity contribution is 7.93. The zero-order valence-electron chi connectivity index (χ0n) is 15.8. The van der Waals surface area contributed by atoms with Crippen molar-refractivity contribution in [2.45, 2.75) is 41.9 Å². The summed E-state index contributed by atoms with van der Waals surface area (Å²) in [4.78, 5) is 25.0. The van der Waals surface area contributed by atoms with Crippen LogP contribution in [-0.4, -0.2) is 31.6 Å². The Morgan fingerprint density at radius 3 is 2.28 bits per heavy atom. The summed E-state index contributed by atoms with van der Waals surface area (Å²) in [6.07, 6.45) is 1.59. The van der Waals surface area contributed by atoms with Gasteiger partial charge in [0.15, 0.2) is 21.2 Å². The van der Waals surface area contributed by atoms with Gasteiger partial charge in [-0.2, -0.15) is 0 Å². The van der Waals surface area contributed by atoms with Gasteiger partial charge in [-0.05, 0) is 36.6 Å². The van der Waals surface area contributed by atoms with Gasteiger partial charge in [0.05, 0.1) is 4.90 Å². The minimum atomic E-state index is -3.93. The van der Waals surface area contributed by atoms with Crippen molar-refractivity contribution in [1.29, 1.82) is 0 Å². The Morgan fingerprint density at radius 2 is 1.62 bits per heavy atom. The molecule has 29 heavy (non-hydrogen) atoms. The van der Waals surface area contributed by atoms with Gasteiger partial charge in [-0.25, -0.2) is 8.42 Å². The van der Waals surface area contributed by atoms with E-state index in [0.717, 1.165) is 5.56 Å². The van der Waals surface area contributed by atoms with E-state index in [9.17, 15) is 18.0 Å². The number of carbonyl (C=O) groups is 2. The molecule has 0 aliphatic heterocycles. The number of carbonyl (C=O) groups excluding carboxylic acids is 2. The fourth-order valence-electron chi connectivity index (χ4n) is 3.50. The summed E-state index contributed by atoms with van der Waals surface area (Å²) < 4.78 is 29.9. The first-order valence-electron chi connectivity index (χ1n) is 9.34. The van der Waals surface area contributed by atoms with Crippen molar-refractivity contribution in [3.8, 4) is 0 Å². The Morgan fingerprint density at radius 1 is 1.00 bits per heavy atom. The van der Waals surface area contributed by atoms with Gasteiger partial charge in [0.25, 0.3) is 5.91 Å². The third-order valence-electron chi connectivity index (χ3n) is 5.12. The first-order chi connectivity index (χ1) is 13.9. The Labute approximate surface area is 175 Å². The largest absolute Gasteiger partial charge is 0.454 e. The van der Waals surface area contributed by atoms with Crippen LogP contribution in [0.2, 0.25) is 5.02 Å². The SMILES string of the molecule is O=C(COC(=O)C1(S(=O)(=O)c2ccccc2)CCCC1)NCc1ccccc1Cl. The van der Waals surface area contributed by atoms with Crippen LogP contribution in [0.5, 0.6) is 0 Å². The molecule has 1 amide bonds. The Kier molecular flexibility index (Phi) is 6.59. The van der Waals surface area contributed by atoms with Crippen molar-refractivity contribution in [3.63, 3.8) is 0 Å². The molecule has 0 aromatic heterocycles. The normalized spacial score (nSPS) is 15.6. The van der Waals surface area contributed by atoms with Crippen LogP contribution >= 0.6 is 11.6 Å². The summed E-state index contributed by atoms with van der Waals surface area (Å²) in [6.45, 7) is -0.362. The van der Waals surface area contributed by atoms with E-state index in [2.05, 4.69) is 5.32 Å². The summed E-state index contributed by atoms with van der Waals surface area (Å²) in [5.74, 6) is -1.39. The van der Waals surface area contributed by atoms with Gasteiger partial charge in [-0.3, -0.25) is 9.59 Å². The van der Waals surface area contributed by atoms with Crippen LogP contribution in [-0.2, 0) is 30.7 Å². The molecule has 3 rings (SSSR count). The molecule has 6 nitrogen and oxygen atoms in total. The van der Waals surface area contributed by atoms with E-state index in [1.54, 1.807) is 42.5 Å². The molecule has 1 aliphatic carbocycles. The predicted molar refractivity (Wildman–Crippen MR) is 109 cm³/mol. The molecule has 1 saturated carbocycles. The minimum absolute atomic E-state index is 0.0852. The number of hydrogen-bond acceptors (Lipinski definition) is 5. The summed E-state index contributed by atoms with van der Waals surface area (Å²) in [7, 11) is -3.93. The highest BCUT2D eigenvalue weighted by Gasteiger charge is 2.54. The molecule has 8 heteroatoms. The molecule has 0 atom stereocenters. The zero-order valence-corrected chi connectivity index (χ0v) is 17.3. The molecule has 0 saturated heterocycles. The molecule has 1 N–H and O–H groups in total. The number of sulfone groups is 1. The van der Waals surface area contributed by atoms with Crippen LogP contribution in [0.4, 0.5) is 0 Å². The van der Waals surface area contributed by atoms with E-state index in [-0.39, 0.29) is 24.3 Å². The van der Waals surface area contributed by atoms with Crippen molar-refractivity contribution in [2.24, 2.45) is 0 Å². The summed E-state index contributed by atoms with van der Waals surface area (Å²) in [6, 6.07) is 14.9. The molecular weight excluding hydrogens is 414 g/mol. The summed E-state index contributed by atoms with van der Waals surface area (Å²) in [5, 5.41) is 3.14. The number of amides is 1. The van der Waals surface area contributed by atoms with Crippen LogP contribution in [0, 0.1) is 0 Å². The molecule has 0 radical (unpaired) electrons. The van der Waals surface area contributed by atoms with Gasteiger partial charge >= 0.3 is 5.97 Å². The molecule has 2 aromatic carbocycles. The molecule has 2 aromatic rings. The van der Waals surface area contributed by atoms with E-state index in [1.807, 2.05) is 0 Å². The Bertz CT molecular complexity index is 985. The molecule has 1 fully saturated rings. The van der Waals surface area contributed by atoms with Gasteiger partial charge in [-0.1, -0.05) is 60.8 Å². The lowest BCUT2D eigenvalue weighted by Crippen LogP contribution is -2.46. The molecule has 1 aliphatic rings. The van der Waals surface area contributed by atoms with Crippen molar-refractivity contribution in [2.75, 3.05) is 6.61 Å². The van der Waals surface area contributed by atoms with E-state index in [1.165, 1.54) is 12.1 Å². The molecule has 154 valence electrons. The monoisotopic (exact) mass is 435 g/mol. The fraction of sp³-hybridized carbons (Fsp3) is 0.333. The lowest BCUT2D eigenvalue weighted by molar-refractivity contribution is -0.151. The van der Waals surface area contributed by atoms with Crippen LogP contribution in [0.25, 0.3) is 0 Å². The maximum Gasteiger partial charge on any atom is 0.328 e. The topological polar surface area (TPSA) is 89.5 Å². The van der Waals surface area contributed by atoms with Crippen LogP contribution in [0.15, 0.2) is 59.5 Å². The van der Waals surface area contributed by atoms with Gasteiger partial charge in [0, 0.05) is 11.6 Å².